The predicted molar refractivity (Wildman–Crippen MR) is 109 cm³/mol. The molecule has 0 aliphatic heterocycles. The van der Waals surface area contributed by atoms with Gasteiger partial charge in [-0.25, -0.2) is 0 Å². The van der Waals surface area contributed by atoms with E-state index in [2.05, 4.69) is 10.6 Å². The molecule has 0 saturated carbocycles. The molecule has 3 aromatic rings. The van der Waals surface area contributed by atoms with E-state index >= 15 is 0 Å². The highest BCUT2D eigenvalue weighted by molar-refractivity contribution is 5.97. The summed E-state index contributed by atoms with van der Waals surface area (Å²) in [4.78, 5) is 35.3. The van der Waals surface area contributed by atoms with Crippen molar-refractivity contribution >= 4 is 34.3 Å². The summed E-state index contributed by atoms with van der Waals surface area (Å²) in [5.74, 6) is 0.0945. The first kappa shape index (κ1) is 20.1. The number of ketones is 1. The van der Waals surface area contributed by atoms with Gasteiger partial charge in [-0.15, -0.1) is 0 Å². The standard InChI is InChI=1S/C22H22N2O5/c1-13(20-11-17-6-4-5-7-19(17)29-20)23-22(27)12-28-21-10-16(14(2)25)8-9-18(21)24-15(3)26/h4-11,13H,12H2,1-3H3,(H,23,27)(H,24,26). The number of carbonyl (C=O) groups excluding carboxylic acids is 3. The Kier molecular flexibility index (Phi) is 5.97. The predicted octanol–water partition coefficient (Wildman–Crippen LogP) is 3.85. The fraction of sp³-hybridized carbons (Fsp3) is 0.227. The second kappa shape index (κ2) is 8.60. The highest BCUT2D eigenvalue weighted by Gasteiger charge is 2.16. The zero-order chi connectivity index (χ0) is 21.0. The Hall–Kier alpha value is -3.61. The average Bonchev–Trinajstić information content (AvgIpc) is 3.11. The Labute approximate surface area is 168 Å². The van der Waals surface area contributed by atoms with Gasteiger partial charge < -0.3 is 19.8 Å². The molecule has 150 valence electrons. The minimum absolute atomic E-state index is 0.146. The van der Waals surface area contributed by atoms with Crippen LogP contribution in [0, 0.1) is 0 Å². The van der Waals surface area contributed by atoms with Gasteiger partial charge in [-0.3, -0.25) is 14.4 Å². The number of ether oxygens (including phenoxy) is 1. The molecule has 1 unspecified atom stereocenters. The fourth-order valence-electron chi connectivity index (χ4n) is 2.87. The molecule has 0 radical (unpaired) electrons. The van der Waals surface area contributed by atoms with Gasteiger partial charge in [0, 0.05) is 17.9 Å². The second-order valence-corrected chi connectivity index (χ2v) is 6.71. The second-order valence-electron chi connectivity index (χ2n) is 6.71. The number of fused-ring (bicyclic) bond motifs is 1. The largest absolute Gasteiger partial charge is 0.482 e. The number of furan rings is 1. The van der Waals surface area contributed by atoms with Gasteiger partial charge in [0.05, 0.1) is 11.7 Å². The molecule has 2 N–H and O–H groups in total. The minimum atomic E-state index is -0.361. The summed E-state index contributed by atoms with van der Waals surface area (Å²) in [5, 5.41) is 6.40. The van der Waals surface area contributed by atoms with Crippen LogP contribution in [0.25, 0.3) is 11.0 Å². The van der Waals surface area contributed by atoms with E-state index in [0.717, 1.165) is 11.0 Å². The summed E-state index contributed by atoms with van der Waals surface area (Å²) in [6, 6.07) is 13.8. The van der Waals surface area contributed by atoms with Crippen molar-refractivity contribution in [1.29, 1.82) is 0 Å². The maximum atomic E-state index is 12.3. The minimum Gasteiger partial charge on any atom is -0.482 e. The number of hydrogen-bond donors (Lipinski definition) is 2. The number of benzene rings is 2. The van der Waals surface area contributed by atoms with Gasteiger partial charge in [0.1, 0.15) is 17.1 Å². The van der Waals surface area contributed by atoms with Gasteiger partial charge in [-0.2, -0.15) is 0 Å². The molecule has 2 amide bonds. The van der Waals surface area contributed by atoms with Crippen molar-refractivity contribution < 1.29 is 23.5 Å². The summed E-state index contributed by atoms with van der Waals surface area (Å²) in [6.07, 6.45) is 0. The van der Waals surface area contributed by atoms with E-state index < -0.39 is 0 Å². The number of hydrogen-bond acceptors (Lipinski definition) is 5. The fourth-order valence-corrected chi connectivity index (χ4v) is 2.87. The smallest absolute Gasteiger partial charge is 0.258 e. The number of para-hydroxylation sites is 1. The number of nitrogens with one attached hydrogen (secondary N) is 2. The molecule has 2 aromatic carbocycles. The Balaban J connectivity index is 1.67. The Morgan fingerprint density at radius 3 is 2.52 bits per heavy atom. The van der Waals surface area contributed by atoms with Crippen LogP contribution in [0.1, 0.15) is 42.9 Å². The van der Waals surface area contributed by atoms with Crippen LogP contribution < -0.4 is 15.4 Å². The maximum Gasteiger partial charge on any atom is 0.258 e. The monoisotopic (exact) mass is 394 g/mol. The highest BCUT2D eigenvalue weighted by atomic mass is 16.5. The summed E-state index contributed by atoms with van der Waals surface area (Å²) in [7, 11) is 0. The van der Waals surface area contributed by atoms with Gasteiger partial charge in [0.2, 0.25) is 5.91 Å². The molecule has 7 nitrogen and oxygen atoms in total. The van der Waals surface area contributed by atoms with Gasteiger partial charge in [0.25, 0.3) is 5.91 Å². The van der Waals surface area contributed by atoms with Crippen molar-refractivity contribution in [3.63, 3.8) is 0 Å². The van der Waals surface area contributed by atoms with E-state index in [1.807, 2.05) is 37.3 Å². The van der Waals surface area contributed by atoms with Crippen LogP contribution >= 0.6 is 0 Å². The molecular weight excluding hydrogens is 372 g/mol. The van der Waals surface area contributed by atoms with Gasteiger partial charge in [-0.1, -0.05) is 18.2 Å². The Bertz CT molecular complexity index is 1040. The number of Topliss-reactive ketones (excluding diaryl/α,β-unsaturated/α-hetero) is 1. The summed E-state index contributed by atoms with van der Waals surface area (Å²) in [5.41, 5.74) is 1.56. The lowest BCUT2D eigenvalue weighted by Gasteiger charge is -2.15. The third-order valence-electron chi connectivity index (χ3n) is 4.31. The lowest BCUT2D eigenvalue weighted by atomic mass is 10.1. The Morgan fingerprint density at radius 2 is 1.83 bits per heavy atom. The third kappa shape index (κ3) is 5.01. The molecule has 0 spiro atoms. The maximum absolute atomic E-state index is 12.3. The van der Waals surface area contributed by atoms with Gasteiger partial charge >= 0.3 is 0 Å². The van der Waals surface area contributed by atoms with Crippen molar-refractivity contribution in [2.45, 2.75) is 26.8 Å². The van der Waals surface area contributed by atoms with E-state index in [-0.39, 0.29) is 36.0 Å². The first-order chi connectivity index (χ1) is 13.8. The first-order valence-corrected chi connectivity index (χ1v) is 9.16. The molecule has 3 rings (SSSR count). The van der Waals surface area contributed by atoms with Crippen LogP contribution in [-0.4, -0.2) is 24.2 Å². The van der Waals surface area contributed by atoms with Crippen LogP contribution in [0.5, 0.6) is 5.75 Å². The quantitative estimate of drug-likeness (QED) is 0.593. The van der Waals surface area contributed by atoms with Crippen LogP contribution in [0.2, 0.25) is 0 Å². The van der Waals surface area contributed by atoms with Crippen molar-refractivity contribution in [3.8, 4) is 5.75 Å². The summed E-state index contributed by atoms with van der Waals surface area (Å²) in [6.45, 7) is 4.33. The third-order valence-corrected chi connectivity index (χ3v) is 4.31. The van der Waals surface area contributed by atoms with Crippen molar-refractivity contribution in [1.82, 2.24) is 5.32 Å². The molecule has 1 atom stereocenters. The van der Waals surface area contributed by atoms with Crippen molar-refractivity contribution in [3.05, 3.63) is 59.9 Å². The zero-order valence-corrected chi connectivity index (χ0v) is 16.4. The van der Waals surface area contributed by atoms with Crippen molar-refractivity contribution in [2.24, 2.45) is 0 Å². The number of amides is 2. The van der Waals surface area contributed by atoms with E-state index in [0.29, 0.717) is 17.0 Å². The number of carbonyl (C=O) groups is 3. The van der Waals surface area contributed by atoms with Gasteiger partial charge in [0.15, 0.2) is 12.4 Å². The molecule has 0 fully saturated rings. The molecule has 0 saturated heterocycles. The molecule has 0 bridgehead atoms. The van der Waals surface area contributed by atoms with E-state index in [9.17, 15) is 14.4 Å². The van der Waals surface area contributed by atoms with E-state index in [1.165, 1.54) is 19.9 Å². The molecule has 29 heavy (non-hydrogen) atoms. The van der Waals surface area contributed by atoms with Crippen molar-refractivity contribution in [2.75, 3.05) is 11.9 Å². The molecule has 1 aromatic heterocycles. The van der Waals surface area contributed by atoms with E-state index in [4.69, 9.17) is 9.15 Å². The van der Waals surface area contributed by atoms with Crippen LogP contribution in [0.15, 0.2) is 52.9 Å². The summed E-state index contributed by atoms with van der Waals surface area (Å²) < 4.78 is 11.3. The molecule has 0 aliphatic carbocycles. The topological polar surface area (TPSA) is 97.6 Å². The van der Waals surface area contributed by atoms with E-state index in [1.54, 1.807) is 12.1 Å². The SMILES string of the molecule is CC(=O)Nc1ccc(C(C)=O)cc1OCC(=O)NC(C)c1cc2ccccc2o1. The molecule has 1 heterocycles. The molecule has 0 aliphatic rings. The summed E-state index contributed by atoms with van der Waals surface area (Å²) >= 11 is 0. The first-order valence-electron chi connectivity index (χ1n) is 9.16. The number of rotatable bonds is 7. The molecular formula is C22H22N2O5. The van der Waals surface area contributed by atoms with Crippen LogP contribution in [-0.2, 0) is 9.59 Å². The van der Waals surface area contributed by atoms with Crippen LogP contribution in [0.3, 0.4) is 0 Å². The number of anilines is 1. The average molecular weight is 394 g/mol. The molecule has 7 heteroatoms. The Morgan fingerprint density at radius 1 is 1.07 bits per heavy atom. The van der Waals surface area contributed by atoms with Crippen LogP contribution in [0.4, 0.5) is 5.69 Å². The lowest BCUT2D eigenvalue weighted by molar-refractivity contribution is -0.123. The zero-order valence-electron chi connectivity index (χ0n) is 16.4. The lowest BCUT2D eigenvalue weighted by Crippen LogP contribution is -2.31. The van der Waals surface area contributed by atoms with Gasteiger partial charge in [-0.05, 0) is 44.2 Å². The highest BCUT2D eigenvalue weighted by Crippen LogP contribution is 2.27. The normalized spacial score (nSPS) is 11.7.